The van der Waals surface area contributed by atoms with Crippen molar-refractivity contribution in [2.45, 2.75) is 6.43 Å². The summed E-state index contributed by atoms with van der Waals surface area (Å²) in [4.78, 5) is 3.56. The van der Waals surface area contributed by atoms with Gasteiger partial charge in [0, 0.05) is 0 Å². The Labute approximate surface area is 81.3 Å². The third-order valence-corrected chi connectivity index (χ3v) is 1.85. The van der Waals surface area contributed by atoms with Crippen LogP contribution in [-0.4, -0.2) is 4.98 Å². The van der Waals surface area contributed by atoms with Gasteiger partial charge in [-0.15, -0.1) is 0 Å². The molecule has 4 N–H and O–H groups in total. The average Bonchev–Trinajstić information content (AvgIpc) is 1.96. The zero-order valence-corrected chi connectivity index (χ0v) is 8.05. The third-order valence-electron chi connectivity index (χ3n) is 1.30. The van der Waals surface area contributed by atoms with Crippen LogP contribution >= 0.6 is 22.6 Å². The van der Waals surface area contributed by atoms with Crippen LogP contribution in [0, 0.1) is 3.70 Å². The van der Waals surface area contributed by atoms with Crippen molar-refractivity contribution in [1.29, 1.82) is 0 Å². The second-order valence-electron chi connectivity index (χ2n) is 2.13. The molecule has 0 amide bonds. The van der Waals surface area contributed by atoms with Gasteiger partial charge in [-0.25, -0.2) is 13.8 Å². The number of nitrogens with zero attached hydrogens (tertiary/aromatic N) is 1. The number of pyridine rings is 1. The maximum Gasteiger partial charge on any atom is 0.282 e. The zero-order valence-electron chi connectivity index (χ0n) is 5.89. The summed E-state index contributed by atoms with van der Waals surface area (Å²) in [6.07, 6.45) is -2.68. The topological polar surface area (TPSA) is 64.9 Å². The number of alkyl halides is 2. The number of hydrogen-bond acceptors (Lipinski definition) is 3. The van der Waals surface area contributed by atoms with E-state index in [0.29, 0.717) is 3.70 Å². The lowest BCUT2D eigenvalue weighted by molar-refractivity contribution is 0.147. The highest BCUT2D eigenvalue weighted by Gasteiger charge is 2.15. The number of nitrogens with two attached hydrogens (primary N) is 2. The molecule has 0 aromatic carbocycles. The molecule has 12 heavy (non-hydrogen) atoms. The highest BCUT2D eigenvalue weighted by atomic mass is 127. The maximum atomic E-state index is 12.2. The van der Waals surface area contributed by atoms with Gasteiger partial charge >= 0.3 is 0 Å². The van der Waals surface area contributed by atoms with Gasteiger partial charge in [0.25, 0.3) is 6.43 Å². The Balaban J connectivity index is 3.28. The molecule has 0 saturated heterocycles. The first-order chi connectivity index (χ1) is 5.52. The fourth-order valence-corrected chi connectivity index (χ4v) is 1.32. The molecule has 1 rings (SSSR count). The molecule has 0 aliphatic carbocycles. The molecule has 0 fully saturated rings. The van der Waals surface area contributed by atoms with Gasteiger partial charge in [0.15, 0.2) is 0 Å². The first-order valence-corrected chi connectivity index (χ1v) is 4.09. The van der Waals surface area contributed by atoms with E-state index in [0.717, 1.165) is 0 Å². The molecule has 0 bridgehead atoms. The van der Waals surface area contributed by atoms with Gasteiger partial charge in [-0.2, -0.15) is 0 Å². The van der Waals surface area contributed by atoms with E-state index in [2.05, 4.69) is 4.98 Å². The molecule has 3 nitrogen and oxygen atoms in total. The van der Waals surface area contributed by atoms with Crippen molar-refractivity contribution in [2.24, 2.45) is 0 Å². The van der Waals surface area contributed by atoms with E-state index < -0.39 is 12.1 Å². The van der Waals surface area contributed by atoms with Gasteiger partial charge in [0.1, 0.15) is 9.39 Å². The number of anilines is 2. The summed E-state index contributed by atoms with van der Waals surface area (Å²) in [6, 6.07) is 1.45. The van der Waals surface area contributed by atoms with Crippen molar-refractivity contribution < 1.29 is 8.78 Å². The molecule has 0 saturated carbocycles. The molecular formula is C6H6F2IN3. The molecule has 1 heterocycles. The minimum absolute atomic E-state index is 0.134. The minimum Gasteiger partial charge on any atom is -0.397 e. The highest BCUT2D eigenvalue weighted by molar-refractivity contribution is 14.1. The molecule has 0 radical (unpaired) electrons. The predicted molar refractivity (Wildman–Crippen MR) is 50.7 cm³/mol. The van der Waals surface area contributed by atoms with Gasteiger partial charge in [-0.3, -0.25) is 0 Å². The number of nitrogen functional groups attached to an aromatic ring is 2. The fraction of sp³-hybridized carbons (Fsp3) is 0.167. The minimum atomic E-state index is -2.68. The summed E-state index contributed by atoms with van der Waals surface area (Å²) in [5, 5.41) is 0. The summed E-state index contributed by atoms with van der Waals surface area (Å²) in [6.45, 7) is 0. The maximum absolute atomic E-state index is 12.2. The quantitative estimate of drug-likeness (QED) is 0.610. The lowest BCUT2D eigenvalue weighted by Gasteiger charge is -2.06. The van der Waals surface area contributed by atoms with Gasteiger partial charge in [-0.05, 0) is 28.7 Å². The van der Waals surface area contributed by atoms with E-state index in [1.165, 1.54) is 6.07 Å². The zero-order chi connectivity index (χ0) is 9.30. The summed E-state index contributed by atoms with van der Waals surface area (Å²) < 4.78 is 24.8. The number of halogens is 3. The van der Waals surface area contributed by atoms with E-state index >= 15 is 0 Å². The van der Waals surface area contributed by atoms with Crippen molar-refractivity contribution in [3.8, 4) is 0 Å². The van der Waals surface area contributed by atoms with Gasteiger partial charge in [0.05, 0.1) is 11.4 Å². The molecular weight excluding hydrogens is 279 g/mol. The standard InChI is InChI=1S/C6H6F2IN3/c7-6(8)5-4(11)2(10)1-3(9)12-5/h1,6H,11H2,(H2,10,12). The van der Waals surface area contributed by atoms with Crippen LogP contribution in [0.3, 0.4) is 0 Å². The molecule has 0 atom stereocenters. The molecule has 1 aromatic rings. The van der Waals surface area contributed by atoms with Crippen LogP contribution < -0.4 is 11.5 Å². The predicted octanol–water partition coefficient (Wildman–Crippen LogP) is 1.79. The Morgan fingerprint density at radius 2 is 2.00 bits per heavy atom. The normalized spacial score (nSPS) is 10.7. The largest absolute Gasteiger partial charge is 0.397 e. The van der Waals surface area contributed by atoms with Crippen molar-refractivity contribution >= 4 is 34.0 Å². The highest BCUT2D eigenvalue weighted by Crippen LogP contribution is 2.28. The van der Waals surface area contributed by atoms with Gasteiger partial charge in [0.2, 0.25) is 0 Å². The Morgan fingerprint density at radius 1 is 1.42 bits per heavy atom. The van der Waals surface area contributed by atoms with Crippen LogP contribution in [-0.2, 0) is 0 Å². The Morgan fingerprint density at radius 3 is 2.50 bits per heavy atom. The smallest absolute Gasteiger partial charge is 0.282 e. The Hall–Kier alpha value is -0.660. The first kappa shape index (κ1) is 9.43. The molecule has 0 unspecified atom stereocenters. The lowest BCUT2D eigenvalue weighted by Crippen LogP contribution is -2.04. The summed E-state index contributed by atoms with van der Waals surface area (Å²) in [5.41, 5.74) is 10.2. The van der Waals surface area contributed by atoms with Crippen LogP contribution in [0.5, 0.6) is 0 Å². The SMILES string of the molecule is Nc1cc(I)nc(C(F)F)c1N. The van der Waals surface area contributed by atoms with E-state index in [1.807, 2.05) is 0 Å². The molecule has 0 aliphatic heterocycles. The molecule has 0 aliphatic rings. The number of rotatable bonds is 1. The van der Waals surface area contributed by atoms with Crippen molar-refractivity contribution in [1.82, 2.24) is 4.98 Å². The van der Waals surface area contributed by atoms with Crippen LogP contribution in [0.2, 0.25) is 0 Å². The summed E-state index contributed by atoms with van der Waals surface area (Å²) in [7, 11) is 0. The Bertz CT molecular complexity index is 303. The second-order valence-corrected chi connectivity index (χ2v) is 3.24. The summed E-state index contributed by atoms with van der Waals surface area (Å²) in [5.74, 6) is 0. The van der Waals surface area contributed by atoms with E-state index in [-0.39, 0.29) is 11.4 Å². The number of aromatic nitrogens is 1. The van der Waals surface area contributed by atoms with E-state index in [4.69, 9.17) is 11.5 Å². The molecule has 6 heteroatoms. The van der Waals surface area contributed by atoms with Gasteiger partial charge < -0.3 is 11.5 Å². The van der Waals surface area contributed by atoms with Crippen molar-refractivity contribution in [2.75, 3.05) is 11.5 Å². The van der Waals surface area contributed by atoms with Crippen LogP contribution in [0.25, 0.3) is 0 Å². The molecule has 66 valence electrons. The lowest BCUT2D eigenvalue weighted by atomic mass is 10.3. The summed E-state index contributed by atoms with van der Waals surface area (Å²) >= 11 is 1.80. The van der Waals surface area contributed by atoms with Crippen LogP contribution in [0.1, 0.15) is 12.1 Å². The van der Waals surface area contributed by atoms with Crippen molar-refractivity contribution in [3.63, 3.8) is 0 Å². The average molecular weight is 285 g/mol. The number of hydrogen-bond donors (Lipinski definition) is 2. The molecule has 1 aromatic heterocycles. The van der Waals surface area contributed by atoms with Crippen LogP contribution in [0.15, 0.2) is 6.07 Å². The van der Waals surface area contributed by atoms with E-state index in [1.54, 1.807) is 22.6 Å². The Kier molecular flexibility index (Phi) is 2.65. The van der Waals surface area contributed by atoms with E-state index in [9.17, 15) is 8.78 Å². The first-order valence-electron chi connectivity index (χ1n) is 3.02. The van der Waals surface area contributed by atoms with Gasteiger partial charge in [-0.1, -0.05) is 0 Å². The fourth-order valence-electron chi connectivity index (χ4n) is 0.728. The van der Waals surface area contributed by atoms with Crippen LogP contribution in [0.4, 0.5) is 20.2 Å². The second kappa shape index (κ2) is 3.38. The third kappa shape index (κ3) is 1.74. The monoisotopic (exact) mass is 285 g/mol. The van der Waals surface area contributed by atoms with Crippen molar-refractivity contribution in [3.05, 3.63) is 15.5 Å². The molecule has 0 spiro atoms.